The van der Waals surface area contributed by atoms with Gasteiger partial charge in [0.2, 0.25) is 0 Å². The summed E-state index contributed by atoms with van der Waals surface area (Å²) in [5, 5.41) is 0. The molecule has 0 amide bonds. The molecular weight excluding hydrogens is 192 g/mol. The topological polar surface area (TPSA) is 0 Å². The average Bonchev–Trinajstić information content (AvgIpc) is 2.29. The first-order chi connectivity index (χ1) is 7.85. The molecule has 0 saturated heterocycles. The summed E-state index contributed by atoms with van der Waals surface area (Å²) in [6.07, 6.45) is 18.6. The summed E-state index contributed by atoms with van der Waals surface area (Å²) in [5.41, 5.74) is 0. The number of unbranched alkanes of at least 4 members (excludes halogenated alkanes) is 4. The van der Waals surface area contributed by atoms with Crippen LogP contribution < -0.4 is 0 Å². The van der Waals surface area contributed by atoms with E-state index < -0.39 is 0 Å². The minimum atomic E-state index is 0.959. The monoisotopic (exact) mass is 224 g/mol. The Hall–Kier alpha value is -0.260. The van der Waals surface area contributed by atoms with Crippen molar-refractivity contribution in [1.82, 2.24) is 0 Å². The van der Waals surface area contributed by atoms with Crippen molar-refractivity contribution in [1.29, 1.82) is 0 Å². The van der Waals surface area contributed by atoms with Gasteiger partial charge >= 0.3 is 0 Å². The van der Waals surface area contributed by atoms with Gasteiger partial charge in [-0.25, -0.2) is 0 Å². The summed E-state index contributed by atoms with van der Waals surface area (Å²) >= 11 is 0. The molecule has 0 saturated carbocycles. The molecule has 0 aromatic carbocycles. The van der Waals surface area contributed by atoms with Crippen LogP contribution >= 0.6 is 0 Å². The Morgan fingerprint density at radius 3 is 1.75 bits per heavy atom. The predicted octanol–water partition coefficient (Wildman–Crippen LogP) is 6.12. The first-order valence-electron chi connectivity index (χ1n) is 7.50. The molecule has 0 nitrogen and oxygen atoms in total. The fourth-order valence-corrected chi connectivity index (χ4v) is 2.20. The molecule has 16 heavy (non-hydrogen) atoms. The lowest BCUT2D eigenvalue weighted by molar-refractivity contribution is 0.414. The van der Waals surface area contributed by atoms with Crippen LogP contribution in [-0.4, -0.2) is 0 Å². The predicted molar refractivity (Wildman–Crippen MR) is 75.8 cm³/mol. The minimum Gasteiger partial charge on any atom is -0.0888 e. The van der Waals surface area contributed by atoms with Crippen molar-refractivity contribution < 1.29 is 0 Å². The number of rotatable bonds is 11. The maximum atomic E-state index is 2.41. The van der Waals surface area contributed by atoms with Gasteiger partial charge in [0.25, 0.3) is 0 Å². The van der Waals surface area contributed by atoms with Crippen molar-refractivity contribution in [2.75, 3.05) is 0 Å². The van der Waals surface area contributed by atoms with Crippen LogP contribution in [0.4, 0.5) is 0 Å². The Labute approximate surface area is 104 Å². The molecule has 0 bridgehead atoms. The Kier molecular flexibility index (Phi) is 12.6. The minimum absolute atomic E-state index is 0.959. The maximum absolute atomic E-state index is 2.41. The first kappa shape index (κ1) is 15.7. The van der Waals surface area contributed by atoms with Gasteiger partial charge in [-0.15, -0.1) is 0 Å². The third-order valence-electron chi connectivity index (χ3n) is 3.30. The SMILES string of the molecule is CCC=CCC(CCCCC)CCCCC. The standard InChI is InChI=1S/C16H32/c1-4-7-10-13-16(14-11-8-5-2)15-12-9-6-3/h7,10,16H,4-6,8-9,11-15H2,1-3H3. The first-order valence-corrected chi connectivity index (χ1v) is 7.50. The van der Waals surface area contributed by atoms with Gasteiger partial charge in [-0.1, -0.05) is 84.3 Å². The molecule has 0 atom stereocenters. The highest BCUT2D eigenvalue weighted by atomic mass is 14.1. The van der Waals surface area contributed by atoms with Crippen molar-refractivity contribution in [3.8, 4) is 0 Å². The molecule has 0 aromatic heterocycles. The van der Waals surface area contributed by atoms with E-state index >= 15 is 0 Å². The number of hydrogen-bond acceptors (Lipinski definition) is 0. The van der Waals surface area contributed by atoms with Crippen LogP contribution in [0.15, 0.2) is 12.2 Å². The number of allylic oxidation sites excluding steroid dienone is 2. The highest BCUT2D eigenvalue weighted by Gasteiger charge is 2.06. The molecule has 0 unspecified atom stereocenters. The lowest BCUT2D eigenvalue weighted by Gasteiger charge is -2.14. The van der Waals surface area contributed by atoms with Gasteiger partial charge in [0.05, 0.1) is 0 Å². The van der Waals surface area contributed by atoms with E-state index in [0.717, 1.165) is 5.92 Å². The molecule has 0 radical (unpaired) electrons. The second-order valence-corrected chi connectivity index (χ2v) is 4.97. The summed E-state index contributed by atoms with van der Waals surface area (Å²) in [6, 6.07) is 0. The lowest BCUT2D eigenvalue weighted by atomic mass is 9.92. The third kappa shape index (κ3) is 10.3. The molecular formula is C16H32. The quantitative estimate of drug-likeness (QED) is 0.293. The van der Waals surface area contributed by atoms with Gasteiger partial charge in [0, 0.05) is 0 Å². The van der Waals surface area contributed by atoms with Crippen molar-refractivity contribution in [2.45, 2.75) is 85.0 Å². The normalized spacial score (nSPS) is 11.8. The Bertz CT molecular complexity index is 136. The van der Waals surface area contributed by atoms with Crippen LogP contribution in [0.25, 0.3) is 0 Å². The van der Waals surface area contributed by atoms with Gasteiger partial charge in [-0.05, 0) is 18.8 Å². The fourth-order valence-electron chi connectivity index (χ4n) is 2.20. The highest BCUT2D eigenvalue weighted by molar-refractivity contribution is 4.82. The highest BCUT2D eigenvalue weighted by Crippen LogP contribution is 2.21. The summed E-state index contributed by atoms with van der Waals surface area (Å²) in [4.78, 5) is 0. The molecule has 0 fully saturated rings. The number of hydrogen-bond donors (Lipinski definition) is 0. The molecule has 0 aliphatic heterocycles. The molecule has 0 aromatic rings. The summed E-state index contributed by atoms with van der Waals surface area (Å²) in [7, 11) is 0. The van der Waals surface area contributed by atoms with Gasteiger partial charge in [0.1, 0.15) is 0 Å². The molecule has 0 heteroatoms. The van der Waals surface area contributed by atoms with Crippen LogP contribution in [0.5, 0.6) is 0 Å². The second kappa shape index (κ2) is 12.8. The maximum Gasteiger partial charge on any atom is -0.0322 e. The third-order valence-corrected chi connectivity index (χ3v) is 3.30. The van der Waals surface area contributed by atoms with Crippen molar-refractivity contribution >= 4 is 0 Å². The zero-order valence-electron chi connectivity index (χ0n) is 11.8. The van der Waals surface area contributed by atoms with E-state index in [1.807, 2.05) is 0 Å². The zero-order chi connectivity index (χ0) is 12.1. The van der Waals surface area contributed by atoms with E-state index in [9.17, 15) is 0 Å². The van der Waals surface area contributed by atoms with Gasteiger partial charge < -0.3 is 0 Å². The van der Waals surface area contributed by atoms with Crippen LogP contribution in [-0.2, 0) is 0 Å². The van der Waals surface area contributed by atoms with E-state index in [-0.39, 0.29) is 0 Å². The molecule has 96 valence electrons. The summed E-state index contributed by atoms with van der Waals surface area (Å²) < 4.78 is 0. The molecule has 0 spiro atoms. The van der Waals surface area contributed by atoms with Crippen LogP contribution in [0.3, 0.4) is 0 Å². The largest absolute Gasteiger partial charge is 0.0888 e. The van der Waals surface area contributed by atoms with Crippen molar-refractivity contribution in [3.05, 3.63) is 12.2 Å². The van der Waals surface area contributed by atoms with Crippen LogP contribution in [0, 0.1) is 5.92 Å². The van der Waals surface area contributed by atoms with Crippen molar-refractivity contribution in [3.63, 3.8) is 0 Å². The van der Waals surface area contributed by atoms with E-state index in [1.165, 1.54) is 64.2 Å². The van der Waals surface area contributed by atoms with E-state index in [2.05, 4.69) is 32.9 Å². The summed E-state index contributed by atoms with van der Waals surface area (Å²) in [6.45, 7) is 6.81. The Balaban J connectivity index is 3.71. The molecule has 0 aliphatic rings. The van der Waals surface area contributed by atoms with Crippen molar-refractivity contribution in [2.24, 2.45) is 5.92 Å². The Morgan fingerprint density at radius 2 is 1.31 bits per heavy atom. The molecule has 0 N–H and O–H groups in total. The van der Waals surface area contributed by atoms with Gasteiger partial charge in [-0.3, -0.25) is 0 Å². The average molecular weight is 224 g/mol. The molecule has 0 rings (SSSR count). The van der Waals surface area contributed by atoms with Gasteiger partial charge in [0.15, 0.2) is 0 Å². The lowest BCUT2D eigenvalue weighted by Crippen LogP contribution is -1.99. The summed E-state index contributed by atoms with van der Waals surface area (Å²) in [5.74, 6) is 0.959. The molecule has 0 aliphatic carbocycles. The van der Waals surface area contributed by atoms with Gasteiger partial charge in [-0.2, -0.15) is 0 Å². The van der Waals surface area contributed by atoms with E-state index in [0.29, 0.717) is 0 Å². The fraction of sp³-hybridized carbons (Fsp3) is 0.875. The van der Waals surface area contributed by atoms with E-state index in [4.69, 9.17) is 0 Å². The zero-order valence-corrected chi connectivity index (χ0v) is 11.8. The molecule has 0 heterocycles. The van der Waals surface area contributed by atoms with E-state index in [1.54, 1.807) is 0 Å². The second-order valence-electron chi connectivity index (χ2n) is 4.97. The Morgan fingerprint density at radius 1 is 0.750 bits per heavy atom. The van der Waals surface area contributed by atoms with Crippen LogP contribution in [0.1, 0.15) is 85.0 Å². The smallest absolute Gasteiger partial charge is 0.0322 e. The van der Waals surface area contributed by atoms with Crippen LogP contribution in [0.2, 0.25) is 0 Å².